The molecule has 0 saturated carbocycles. The van der Waals surface area contributed by atoms with Crippen LogP contribution in [0.15, 0.2) is 53.4 Å². The Morgan fingerprint density at radius 1 is 1.12 bits per heavy atom. The molecule has 2 aromatic rings. The number of amides is 1. The summed E-state index contributed by atoms with van der Waals surface area (Å²) in [4.78, 5) is 23.6. The molecular weight excluding hydrogens is 380 g/mol. The minimum Gasteiger partial charge on any atom is -0.464 e. The van der Waals surface area contributed by atoms with Crippen LogP contribution in [0.5, 0.6) is 0 Å². The average molecular weight is 395 g/mol. The van der Waals surface area contributed by atoms with Gasteiger partial charge in [-0.3, -0.25) is 9.59 Å². The maximum Gasteiger partial charge on any atom is 0.324 e. The third kappa shape index (κ3) is 4.04. The summed E-state index contributed by atoms with van der Waals surface area (Å²) in [6.45, 7) is 0.193. The van der Waals surface area contributed by atoms with Gasteiger partial charge in [0, 0.05) is 12.1 Å². The summed E-state index contributed by atoms with van der Waals surface area (Å²) in [5, 5.41) is 2.96. The average Bonchev–Trinajstić information content (AvgIpc) is 3.00. The highest BCUT2D eigenvalue weighted by molar-refractivity contribution is 7.89. The van der Waals surface area contributed by atoms with Crippen molar-refractivity contribution in [2.45, 2.75) is 17.4 Å². The van der Waals surface area contributed by atoms with Gasteiger partial charge in [-0.1, -0.05) is 23.7 Å². The van der Waals surface area contributed by atoms with Gasteiger partial charge < -0.3 is 10.1 Å². The smallest absolute Gasteiger partial charge is 0.324 e. The first-order chi connectivity index (χ1) is 12.4. The maximum absolute atomic E-state index is 12.3. The van der Waals surface area contributed by atoms with Crippen LogP contribution < -0.4 is 10.0 Å². The van der Waals surface area contributed by atoms with Gasteiger partial charge in [-0.2, -0.15) is 4.72 Å². The van der Waals surface area contributed by atoms with Crippen LogP contribution in [0.3, 0.4) is 0 Å². The van der Waals surface area contributed by atoms with E-state index in [2.05, 4.69) is 10.0 Å². The minimum atomic E-state index is -3.87. The van der Waals surface area contributed by atoms with E-state index >= 15 is 0 Å². The highest BCUT2D eigenvalue weighted by atomic mass is 35.5. The van der Waals surface area contributed by atoms with Crippen molar-refractivity contribution in [1.82, 2.24) is 4.72 Å². The monoisotopic (exact) mass is 394 g/mol. The number of cyclic esters (lactones) is 1. The van der Waals surface area contributed by atoms with Crippen LogP contribution in [0.2, 0.25) is 5.02 Å². The first kappa shape index (κ1) is 18.4. The molecule has 1 amide bonds. The number of nitrogens with one attached hydrogen (secondary N) is 2. The quantitative estimate of drug-likeness (QED) is 0.757. The minimum absolute atomic E-state index is 0.0204. The Kier molecular flexibility index (Phi) is 5.26. The Bertz CT molecular complexity index is 944. The summed E-state index contributed by atoms with van der Waals surface area (Å²) in [5.41, 5.74) is 0.724. The standard InChI is InChI=1S/C17H15ClN2O5S/c18-14-4-2-1-3-13(14)16(21)19-11-5-7-12(8-6-11)26(23,24)20-15-9-10-25-17(15)22/h1-8,15,20H,9-10H2,(H,19,21). The summed E-state index contributed by atoms with van der Waals surface area (Å²) >= 11 is 5.98. The number of hydrogen-bond donors (Lipinski definition) is 2. The lowest BCUT2D eigenvalue weighted by Gasteiger charge is -2.11. The molecule has 1 atom stereocenters. The third-order valence-electron chi connectivity index (χ3n) is 3.77. The molecule has 0 spiro atoms. The second kappa shape index (κ2) is 7.45. The van der Waals surface area contributed by atoms with Crippen LogP contribution in [0, 0.1) is 0 Å². The normalized spacial score (nSPS) is 17.0. The molecule has 26 heavy (non-hydrogen) atoms. The number of hydrogen-bond acceptors (Lipinski definition) is 5. The summed E-state index contributed by atoms with van der Waals surface area (Å²) in [6, 6.07) is 11.3. The molecule has 0 bridgehead atoms. The first-order valence-corrected chi connectivity index (χ1v) is 9.58. The van der Waals surface area contributed by atoms with Gasteiger partial charge in [-0.25, -0.2) is 8.42 Å². The molecule has 3 rings (SSSR count). The molecule has 1 heterocycles. The zero-order valence-corrected chi connectivity index (χ0v) is 15.0. The van der Waals surface area contributed by atoms with Gasteiger partial charge in [0.1, 0.15) is 6.04 Å². The van der Waals surface area contributed by atoms with Crippen molar-refractivity contribution in [3.63, 3.8) is 0 Å². The van der Waals surface area contributed by atoms with Gasteiger partial charge in [0.05, 0.1) is 22.1 Å². The van der Waals surface area contributed by atoms with Gasteiger partial charge in [0.25, 0.3) is 5.91 Å². The van der Waals surface area contributed by atoms with E-state index in [0.29, 0.717) is 22.7 Å². The van der Waals surface area contributed by atoms with Crippen molar-refractivity contribution in [1.29, 1.82) is 0 Å². The summed E-state index contributed by atoms with van der Waals surface area (Å²) in [5.74, 6) is -0.991. The van der Waals surface area contributed by atoms with Crippen LogP contribution in [0.25, 0.3) is 0 Å². The molecule has 7 nitrogen and oxygen atoms in total. The van der Waals surface area contributed by atoms with Crippen molar-refractivity contribution >= 4 is 39.2 Å². The molecule has 1 aliphatic heterocycles. The molecular formula is C17H15ClN2O5S. The van der Waals surface area contributed by atoms with Gasteiger partial charge >= 0.3 is 5.97 Å². The van der Waals surface area contributed by atoms with Crippen LogP contribution in [0.1, 0.15) is 16.8 Å². The maximum atomic E-state index is 12.3. The molecule has 1 unspecified atom stereocenters. The number of anilines is 1. The molecule has 1 fully saturated rings. The van der Waals surface area contributed by atoms with Gasteiger partial charge in [0.15, 0.2) is 0 Å². The lowest BCUT2D eigenvalue weighted by molar-refractivity contribution is -0.139. The molecule has 9 heteroatoms. The topological polar surface area (TPSA) is 102 Å². The van der Waals surface area contributed by atoms with Crippen molar-refractivity contribution < 1.29 is 22.7 Å². The SMILES string of the molecule is O=C(Nc1ccc(S(=O)(=O)NC2CCOC2=O)cc1)c1ccccc1Cl. The molecule has 0 radical (unpaired) electrons. The Morgan fingerprint density at radius 3 is 2.42 bits per heavy atom. The number of carbonyl (C=O) groups is 2. The number of esters is 1. The van der Waals surface area contributed by atoms with Gasteiger partial charge in [-0.15, -0.1) is 0 Å². The predicted molar refractivity (Wildman–Crippen MR) is 95.5 cm³/mol. The number of carbonyl (C=O) groups excluding carboxylic acids is 2. The number of sulfonamides is 1. The van der Waals surface area contributed by atoms with E-state index in [1.165, 1.54) is 24.3 Å². The molecule has 1 aliphatic rings. The summed E-state index contributed by atoms with van der Waals surface area (Å²) in [7, 11) is -3.87. The number of ether oxygens (including phenoxy) is 1. The number of halogens is 1. The number of rotatable bonds is 5. The van der Waals surface area contributed by atoms with Gasteiger partial charge in [0.2, 0.25) is 10.0 Å². The Morgan fingerprint density at radius 2 is 1.81 bits per heavy atom. The highest BCUT2D eigenvalue weighted by Crippen LogP contribution is 2.19. The molecule has 0 aliphatic carbocycles. The molecule has 1 saturated heterocycles. The van der Waals surface area contributed by atoms with Crippen LogP contribution in [0.4, 0.5) is 5.69 Å². The lowest BCUT2D eigenvalue weighted by Crippen LogP contribution is -2.37. The number of benzene rings is 2. The van der Waals surface area contributed by atoms with Crippen LogP contribution in [-0.2, 0) is 19.6 Å². The lowest BCUT2D eigenvalue weighted by atomic mass is 10.2. The predicted octanol–water partition coefficient (Wildman–Crippen LogP) is 2.19. The van der Waals surface area contributed by atoms with E-state index in [1.807, 2.05) is 0 Å². The van der Waals surface area contributed by atoms with Crippen LogP contribution >= 0.6 is 11.6 Å². The zero-order valence-electron chi connectivity index (χ0n) is 13.4. The fraction of sp³-hybridized carbons (Fsp3) is 0.176. The molecule has 0 aromatic heterocycles. The molecule has 136 valence electrons. The second-order valence-electron chi connectivity index (χ2n) is 5.59. The van der Waals surface area contributed by atoms with E-state index in [1.54, 1.807) is 24.3 Å². The summed E-state index contributed by atoms with van der Waals surface area (Å²) < 4.78 is 31.7. The third-order valence-corrected chi connectivity index (χ3v) is 5.59. The largest absolute Gasteiger partial charge is 0.464 e. The Hall–Kier alpha value is -2.42. The van der Waals surface area contributed by atoms with Crippen molar-refractivity contribution in [2.24, 2.45) is 0 Å². The molecule has 2 aromatic carbocycles. The van der Waals surface area contributed by atoms with E-state index in [4.69, 9.17) is 16.3 Å². The Balaban J connectivity index is 1.71. The van der Waals surface area contributed by atoms with E-state index in [9.17, 15) is 18.0 Å². The molecule has 2 N–H and O–H groups in total. The highest BCUT2D eigenvalue weighted by Gasteiger charge is 2.31. The second-order valence-corrected chi connectivity index (χ2v) is 7.71. The van der Waals surface area contributed by atoms with Crippen LogP contribution in [-0.4, -0.2) is 32.9 Å². The van der Waals surface area contributed by atoms with Crippen molar-refractivity contribution in [2.75, 3.05) is 11.9 Å². The van der Waals surface area contributed by atoms with E-state index < -0.39 is 27.9 Å². The van der Waals surface area contributed by atoms with Crippen molar-refractivity contribution in [3.05, 3.63) is 59.1 Å². The van der Waals surface area contributed by atoms with Crippen molar-refractivity contribution in [3.8, 4) is 0 Å². The summed E-state index contributed by atoms with van der Waals surface area (Å²) in [6.07, 6.45) is 0.296. The van der Waals surface area contributed by atoms with Gasteiger partial charge in [-0.05, 0) is 36.4 Å². The van der Waals surface area contributed by atoms with E-state index in [0.717, 1.165) is 0 Å². The Labute approximate surface area is 155 Å². The first-order valence-electron chi connectivity index (χ1n) is 7.72. The fourth-order valence-corrected chi connectivity index (χ4v) is 3.86. The fourth-order valence-electron chi connectivity index (χ4n) is 2.42. The van der Waals surface area contributed by atoms with E-state index in [-0.39, 0.29) is 11.5 Å². The zero-order chi connectivity index (χ0) is 18.7.